The van der Waals surface area contributed by atoms with E-state index < -0.39 is 0 Å². The molecule has 0 spiro atoms. The fourth-order valence-corrected chi connectivity index (χ4v) is 3.61. The summed E-state index contributed by atoms with van der Waals surface area (Å²) in [5.41, 5.74) is 1.54. The predicted molar refractivity (Wildman–Crippen MR) is 120 cm³/mol. The summed E-state index contributed by atoms with van der Waals surface area (Å²) in [4.78, 5) is 20.7. The van der Waals surface area contributed by atoms with Crippen LogP contribution in [0.3, 0.4) is 0 Å². The first-order valence-corrected chi connectivity index (χ1v) is 10.5. The summed E-state index contributed by atoms with van der Waals surface area (Å²) >= 11 is 0. The quantitative estimate of drug-likeness (QED) is 0.647. The molecule has 2 aliphatic rings. The predicted octanol–water partition coefficient (Wildman–Crippen LogP) is 2.74. The number of amides is 2. The number of benzene rings is 1. The maximum Gasteiger partial charge on any atom is 0.321 e. The molecule has 1 saturated heterocycles. The van der Waals surface area contributed by atoms with Gasteiger partial charge in [0.15, 0.2) is 23.1 Å². The normalized spacial score (nSPS) is 15.2. The summed E-state index contributed by atoms with van der Waals surface area (Å²) in [6, 6.07) is 12.9. The van der Waals surface area contributed by atoms with Gasteiger partial charge in [0.05, 0.1) is 11.9 Å². The molecule has 5 rings (SSSR count). The Balaban J connectivity index is 1.14. The molecule has 10 heteroatoms. The van der Waals surface area contributed by atoms with Crippen LogP contribution >= 0.6 is 0 Å². The third-order valence-corrected chi connectivity index (χ3v) is 5.27. The number of anilines is 4. The molecule has 32 heavy (non-hydrogen) atoms. The Kier molecular flexibility index (Phi) is 5.56. The molecule has 0 aliphatic carbocycles. The maximum atomic E-state index is 12.7. The molecule has 0 bridgehead atoms. The van der Waals surface area contributed by atoms with Gasteiger partial charge in [0.1, 0.15) is 13.2 Å². The van der Waals surface area contributed by atoms with E-state index in [1.54, 1.807) is 23.4 Å². The summed E-state index contributed by atoms with van der Waals surface area (Å²) < 4.78 is 11.1. The van der Waals surface area contributed by atoms with Crippen molar-refractivity contribution in [2.24, 2.45) is 0 Å². The first-order valence-electron chi connectivity index (χ1n) is 10.5. The number of aromatic nitrogens is 3. The van der Waals surface area contributed by atoms with Crippen molar-refractivity contribution in [3.05, 3.63) is 54.9 Å². The third kappa shape index (κ3) is 4.48. The van der Waals surface area contributed by atoms with Gasteiger partial charge < -0.3 is 29.9 Å². The SMILES string of the molecule is O=C(Nc1ccc2c(c1)OCCO2)N1CCN(c2ccc(Nc3cccnc3)nn2)CC1. The molecule has 0 atom stereocenters. The number of nitrogens with zero attached hydrogens (tertiary/aromatic N) is 5. The molecule has 0 radical (unpaired) electrons. The molecule has 164 valence electrons. The van der Waals surface area contributed by atoms with Crippen LogP contribution in [0.25, 0.3) is 0 Å². The Morgan fingerprint density at radius 1 is 0.906 bits per heavy atom. The van der Waals surface area contributed by atoms with Gasteiger partial charge in [-0.05, 0) is 36.4 Å². The molecule has 1 aromatic carbocycles. The van der Waals surface area contributed by atoms with Crippen LogP contribution < -0.4 is 25.0 Å². The van der Waals surface area contributed by atoms with E-state index in [9.17, 15) is 4.79 Å². The number of ether oxygens (including phenoxy) is 2. The number of carbonyl (C=O) groups excluding carboxylic acids is 1. The number of pyridine rings is 1. The van der Waals surface area contributed by atoms with Crippen LogP contribution in [0.1, 0.15) is 0 Å². The highest BCUT2D eigenvalue weighted by Gasteiger charge is 2.23. The summed E-state index contributed by atoms with van der Waals surface area (Å²) in [5.74, 6) is 2.79. The highest BCUT2D eigenvalue weighted by Crippen LogP contribution is 2.32. The number of hydrogen-bond acceptors (Lipinski definition) is 8. The van der Waals surface area contributed by atoms with E-state index in [4.69, 9.17) is 9.47 Å². The number of hydrogen-bond donors (Lipinski definition) is 2. The topological polar surface area (TPSA) is 105 Å². The highest BCUT2D eigenvalue weighted by atomic mass is 16.6. The molecule has 1 fully saturated rings. The number of carbonyl (C=O) groups is 1. The van der Waals surface area contributed by atoms with Gasteiger partial charge in [-0.15, -0.1) is 10.2 Å². The Morgan fingerprint density at radius 3 is 2.50 bits per heavy atom. The Bertz CT molecular complexity index is 1070. The first kappa shape index (κ1) is 19.9. The molecule has 2 aromatic heterocycles. The summed E-state index contributed by atoms with van der Waals surface area (Å²) in [7, 11) is 0. The van der Waals surface area contributed by atoms with Crippen LogP contribution in [0.15, 0.2) is 54.9 Å². The second-order valence-corrected chi connectivity index (χ2v) is 7.41. The van der Waals surface area contributed by atoms with Gasteiger partial charge in [-0.1, -0.05) is 0 Å². The second-order valence-electron chi connectivity index (χ2n) is 7.41. The van der Waals surface area contributed by atoms with Gasteiger partial charge in [-0.25, -0.2) is 4.79 Å². The van der Waals surface area contributed by atoms with Crippen molar-refractivity contribution in [2.45, 2.75) is 0 Å². The molecular formula is C22H23N7O3. The smallest absolute Gasteiger partial charge is 0.321 e. The molecule has 3 aromatic rings. The van der Waals surface area contributed by atoms with E-state index in [2.05, 4.69) is 30.7 Å². The minimum Gasteiger partial charge on any atom is -0.486 e. The van der Waals surface area contributed by atoms with Crippen LogP contribution in [-0.4, -0.2) is 65.5 Å². The van der Waals surface area contributed by atoms with Gasteiger partial charge in [0, 0.05) is 44.1 Å². The van der Waals surface area contributed by atoms with Gasteiger partial charge in [0.25, 0.3) is 0 Å². The Hall–Kier alpha value is -4.08. The number of nitrogens with one attached hydrogen (secondary N) is 2. The van der Waals surface area contributed by atoms with E-state index >= 15 is 0 Å². The van der Waals surface area contributed by atoms with E-state index in [0.29, 0.717) is 62.4 Å². The van der Waals surface area contributed by atoms with E-state index in [0.717, 1.165) is 11.5 Å². The van der Waals surface area contributed by atoms with Crippen LogP contribution in [-0.2, 0) is 0 Å². The summed E-state index contributed by atoms with van der Waals surface area (Å²) in [5, 5.41) is 14.7. The van der Waals surface area contributed by atoms with Crippen molar-refractivity contribution < 1.29 is 14.3 Å². The highest BCUT2D eigenvalue weighted by molar-refractivity contribution is 5.90. The zero-order valence-electron chi connectivity index (χ0n) is 17.4. The lowest BCUT2D eigenvalue weighted by atomic mass is 10.2. The first-order chi connectivity index (χ1) is 15.7. The minimum absolute atomic E-state index is 0.136. The molecule has 10 nitrogen and oxygen atoms in total. The van der Waals surface area contributed by atoms with Crippen molar-refractivity contribution in [3.63, 3.8) is 0 Å². The second kappa shape index (κ2) is 8.96. The van der Waals surface area contributed by atoms with E-state index in [1.165, 1.54) is 0 Å². The number of fused-ring (bicyclic) bond motifs is 1. The average molecular weight is 433 g/mol. The molecule has 0 unspecified atom stereocenters. The standard InChI is InChI=1S/C22H23N7O3/c30-22(25-16-3-4-18-19(14-16)32-13-12-31-18)29-10-8-28(9-11-29)21-6-5-20(26-27-21)24-17-2-1-7-23-15-17/h1-7,14-15H,8-13H2,(H,24,26)(H,25,30). The lowest BCUT2D eigenvalue weighted by molar-refractivity contribution is 0.171. The zero-order chi connectivity index (χ0) is 21.8. The molecule has 4 heterocycles. The number of rotatable bonds is 4. The summed E-state index contributed by atoms with van der Waals surface area (Å²) in [6.07, 6.45) is 3.45. The fraction of sp³-hybridized carbons (Fsp3) is 0.273. The van der Waals surface area contributed by atoms with Crippen molar-refractivity contribution in [1.29, 1.82) is 0 Å². The van der Waals surface area contributed by atoms with Crippen molar-refractivity contribution in [3.8, 4) is 11.5 Å². The molecule has 2 N–H and O–H groups in total. The monoisotopic (exact) mass is 433 g/mol. The summed E-state index contributed by atoms with van der Waals surface area (Å²) in [6.45, 7) is 3.59. The third-order valence-electron chi connectivity index (χ3n) is 5.27. The van der Waals surface area contributed by atoms with E-state index in [-0.39, 0.29) is 6.03 Å². The van der Waals surface area contributed by atoms with E-state index in [1.807, 2.05) is 36.4 Å². The Labute approximate surface area is 185 Å². The molecule has 2 amide bonds. The largest absolute Gasteiger partial charge is 0.486 e. The number of piperazine rings is 1. The van der Waals surface area contributed by atoms with Gasteiger partial charge in [-0.2, -0.15) is 0 Å². The molecule has 0 saturated carbocycles. The molecule has 2 aliphatic heterocycles. The van der Waals surface area contributed by atoms with Crippen LogP contribution in [0, 0.1) is 0 Å². The van der Waals surface area contributed by atoms with Gasteiger partial charge in [-0.3, -0.25) is 4.98 Å². The Morgan fingerprint density at radius 2 is 1.75 bits per heavy atom. The van der Waals surface area contributed by atoms with Gasteiger partial charge >= 0.3 is 6.03 Å². The van der Waals surface area contributed by atoms with Crippen molar-refractivity contribution in [2.75, 3.05) is 54.9 Å². The van der Waals surface area contributed by atoms with Crippen LogP contribution in [0.5, 0.6) is 11.5 Å². The average Bonchev–Trinajstić information content (AvgIpc) is 2.85. The lowest BCUT2D eigenvalue weighted by Gasteiger charge is -2.35. The van der Waals surface area contributed by atoms with Crippen molar-refractivity contribution in [1.82, 2.24) is 20.1 Å². The minimum atomic E-state index is -0.136. The zero-order valence-corrected chi connectivity index (χ0v) is 17.4. The van der Waals surface area contributed by atoms with Crippen LogP contribution in [0.4, 0.5) is 27.8 Å². The number of urea groups is 1. The lowest BCUT2D eigenvalue weighted by Crippen LogP contribution is -2.50. The fourth-order valence-electron chi connectivity index (χ4n) is 3.61. The maximum absolute atomic E-state index is 12.7. The van der Waals surface area contributed by atoms with Crippen LogP contribution in [0.2, 0.25) is 0 Å². The van der Waals surface area contributed by atoms with Crippen molar-refractivity contribution >= 4 is 29.0 Å². The molecular weight excluding hydrogens is 410 g/mol. The van der Waals surface area contributed by atoms with Gasteiger partial charge in [0.2, 0.25) is 0 Å².